The highest BCUT2D eigenvalue weighted by molar-refractivity contribution is 5.66. The Morgan fingerprint density at radius 1 is 1.08 bits per heavy atom. The second kappa shape index (κ2) is 6.26. The lowest BCUT2D eigenvalue weighted by Gasteiger charge is -2.57. The molecule has 0 unspecified atom stereocenters. The highest BCUT2D eigenvalue weighted by Crippen LogP contribution is 2.61. The lowest BCUT2D eigenvalue weighted by atomic mass is 9.48. The summed E-state index contributed by atoms with van der Waals surface area (Å²) in [5, 5.41) is 8.61. The standard InChI is InChI=1S/C20H24F2O3/c21-18-15(3-4-16(19(18)22)25-5-1-2-17(23)24)20-9-12-6-13(10-20)8-14(7-12)11-20/h3-4,12-14H,1-2,5-11H2,(H,23,24)/t12-,13?,14?,20-. The molecule has 25 heavy (non-hydrogen) atoms. The average Bonchev–Trinajstić information content (AvgIpc) is 2.53. The number of hydrogen-bond acceptors (Lipinski definition) is 2. The molecule has 0 amide bonds. The molecule has 5 rings (SSSR count). The van der Waals surface area contributed by atoms with Crippen LogP contribution in [-0.2, 0) is 10.2 Å². The Hall–Kier alpha value is -1.65. The van der Waals surface area contributed by atoms with Gasteiger partial charge in [-0.3, -0.25) is 4.79 Å². The van der Waals surface area contributed by atoms with Crippen LogP contribution in [0.25, 0.3) is 0 Å². The molecule has 0 saturated heterocycles. The first kappa shape index (κ1) is 16.8. The molecule has 5 heteroatoms. The lowest BCUT2D eigenvalue weighted by Crippen LogP contribution is -2.49. The predicted octanol–water partition coefficient (Wildman–Crippen LogP) is 4.68. The summed E-state index contributed by atoms with van der Waals surface area (Å²) in [4.78, 5) is 10.5. The zero-order valence-electron chi connectivity index (χ0n) is 14.3. The Bertz CT molecular complexity index is 650. The molecule has 4 saturated carbocycles. The van der Waals surface area contributed by atoms with E-state index in [1.165, 1.54) is 25.3 Å². The first-order valence-corrected chi connectivity index (χ1v) is 9.30. The molecule has 0 aliphatic heterocycles. The molecule has 0 heterocycles. The van der Waals surface area contributed by atoms with Crippen molar-refractivity contribution in [3.8, 4) is 5.75 Å². The van der Waals surface area contributed by atoms with Crippen LogP contribution >= 0.6 is 0 Å². The maximum atomic E-state index is 14.9. The molecule has 3 nitrogen and oxygen atoms in total. The van der Waals surface area contributed by atoms with Gasteiger partial charge < -0.3 is 9.84 Å². The lowest BCUT2D eigenvalue weighted by molar-refractivity contribution is -0.137. The summed E-state index contributed by atoms with van der Waals surface area (Å²) in [5.74, 6) is -0.730. The van der Waals surface area contributed by atoms with Gasteiger partial charge in [0.05, 0.1) is 6.61 Å². The van der Waals surface area contributed by atoms with E-state index in [-0.39, 0.29) is 30.6 Å². The van der Waals surface area contributed by atoms with Gasteiger partial charge in [0, 0.05) is 6.42 Å². The average molecular weight is 350 g/mol. The van der Waals surface area contributed by atoms with Crippen molar-refractivity contribution in [1.82, 2.24) is 0 Å². The van der Waals surface area contributed by atoms with Crippen LogP contribution in [0.1, 0.15) is 56.9 Å². The van der Waals surface area contributed by atoms with Crippen molar-refractivity contribution in [3.05, 3.63) is 29.3 Å². The number of halogens is 2. The molecule has 0 aromatic heterocycles. The molecule has 0 atom stereocenters. The number of hydrogen-bond donors (Lipinski definition) is 1. The van der Waals surface area contributed by atoms with Gasteiger partial charge in [0.1, 0.15) is 0 Å². The molecular formula is C20H24F2O3. The molecule has 1 aromatic rings. The largest absolute Gasteiger partial charge is 0.490 e. The third kappa shape index (κ3) is 3.02. The maximum Gasteiger partial charge on any atom is 0.303 e. The van der Waals surface area contributed by atoms with Crippen molar-refractivity contribution in [2.24, 2.45) is 17.8 Å². The van der Waals surface area contributed by atoms with Gasteiger partial charge in [0.2, 0.25) is 5.82 Å². The second-order valence-corrected chi connectivity index (χ2v) is 8.28. The summed E-state index contributed by atoms with van der Waals surface area (Å²) in [6.07, 6.45) is 6.94. The quantitative estimate of drug-likeness (QED) is 0.758. The van der Waals surface area contributed by atoms with E-state index in [1.54, 1.807) is 6.07 Å². The normalized spacial score (nSPS) is 32.8. The van der Waals surface area contributed by atoms with Gasteiger partial charge in [0.15, 0.2) is 11.6 Å². The molecule has 1 aromatic carbocycles. The molecule has 4 aliphatic carbocycles. The third-order valence-corrected chi connectivity index (χ3v) is 6.45. The highest BCUT2D eigenvalue weighted by Gasteiger charge is 2.52. The van der Waals surface area contributed by atoms with E-state index in [0.717, 1.165) is 19.3 Å². The van der Waals surface area contributed by atoms with Gasteiger partial charge in [-0.1, -0.05) is 6.07 Å². The van der Waals surface area contributed by atoms with Crippen LogP contribution in [0, 0.1) is 29.4 Å². The fourth-order valence-corrected chi connectivity index (χ4v) is 5.90. The van der Waals surface area contributed by atoms with Crippen LogP contribution in [0.2, 0.25) is 0 Å². The summed E-state index contributed by atoms with van der Waals surface area (Å²) < 4.78 is 34.6. The van der Waals surface area contributed by atoms with Gasteiger partial charge in [-0.05, 0) is 79.7 Å². The third-order valence-electron chi connectivity index (χ3n) is 6.45. The van der Waals surface area contributed by atoms with Crippen molar-refractivity contribution < 1.29 is 23.4 Å². The monoisotopic (exact) mass is 350 g/mol. The molecule has 4 fully saturated rings. The minimum atomic E-state index is -0.927. The number of carboxylic acid groups (broad SMARTS) is 1. The molecule has 136 valence electrons. The Morgan fingerprint density at radius 3 is 2.24 bits per heavy atom. The van der Waals surface area contributed by atoms with Crippen molar-refractivity contribution >= 4 is 5.97 Å². The summed E-state index contributed by atoms with van der Waals surface area (Å²) in [6, 6.07) is 3.23. The van der Waals surface area contributed by atoms with E-state index in [9.17, 15) is 13.6 Å². The Labute approximate surface area is 146 Å². The highest BCUT2D eigenvalue weighted by atomic mass is 19.2. The Balaban J connectivity index is 1.53. The number of ether oxygens (including phenoxy) is 1. The molecular weight excluding hydrogens is 326 g/mol. The topological polar surface area (TPSA) is 46.5 Å². The van der Waals surface area contributed by atoms with Crippen molar-refractivity contribution in [3.63, 3.8) is 0 Å². The van der Waals surface area contributed by atoms with Crippen molar-refractivity contribution in [1.29, 1.82) is 0 Å². The Morgan fingerprint density at radius 2 is 1.68 bits per heavy atom. The zero-order valence-corrected chi connectivity index (χ0v) is 14.3. The summed E-state index contributed by atoms with van der Waals surface area (Å²) in [5.41, 5.74) is 0.337. The first-order chi connectivity index (χ1) is 12.0. The fraction of sp³-hybridized carbons (Fsp3) is 0.650. The maximum absolute atomic E-state index is 14.9. The number of carbonyl (C=O) groups is 1. The number of aliphatic carboxylic acids is 1. The van der Waals surface area contributed by atoms with Gasteiger partial charge in [-0.25, -0.2) is 4.39 Å². The first-order valence-electron chi connectivity index (χ1n) is 9.30. The molecule has 0 spiro atoms. The SMILES string of the molecule is O=C(O)CCCOc1ccc([C@]23CC4CC(C[C@H](C4)C2)C3)c(F)c1F. The van der Waals surface area contributed by atoms with Crippen LogP contribution in [0.3, 0.4) is 0 Å². The minimum Gasteiger partial charge on any atom is -0.490 e. The van der Waals surface area contributed by atoms with E-state index >= 15 is 0 Å². The smallest absolute Gasteiger partial charge is 0.303 e. The van der Waals surface area contributed by atoms with Crippen LogP contribution in [-0.4, -0.2) is 17.7 Å². The van der Waals surface area contributed by atoms with Crippen LogP contribution in [0.15, 0.2) is 12.1 Å². The van der Waals surface area contributed by atoms with Crippen LogP contribution in [0.5, 0.6) is 5.75 Å². The van der Waals surface area contributed by atoms with Crippen molar-refractivity contribution in [2.75, 3.05) is 6.61 Å². The molecule has 0 radical (unpaired) electrons. The predicted molar refractivity (Wildman–Crippen MR) is 88.6 cm³/mol. The zero-order chi connectivity index (χ0) is 17.6. The van der Waals surface area contributed by atoms with Crippen LogP contribution < -0.4 is 4.74 Å². The fourth-order valence-electron chi connectivity index (χ4n) is 5.90. The van der Waals surface area contributed by atoms with E-state index in [2.05, 4.69) is 0 Å². The molecule has 1 N–H and O–H groups in total. The number of benzene rings is 1. The summed E-state index contributed by atoms with van der Waals surface area (Å²) in [7, 11) is 0. The van der Waals surface area contributed by atoms with Crippen LogP contribution in [0.4, 0.5) is 8.78 Å². The Kier molecular flexibility index (Phi) is 4.20. The second-order valence-electron chi connectivity index (χ2n) is 8.28. The van der Waals surface area contributed by atoms with E-state index in [0.29, 0.717) is 23.3 Å². The minimum absolute atomic E-state index is 0.0462. The van der Waals surface area contributed by atoms with Gasteiger partial charge >= 0.3 is 5.97 Å². The summed E-state index contributed by atoms with van der Waals surface area (Å²) >= 11 is 0. The number of rotatable bonds is 6. The van der Waals surface area contributed by atoms with Gasteiger partial charge in [-0.2, -0.15) is 4.39 Å². The van der Waals surface area contributed by atoms with E-state index in [4.69, 9.17) is 9.84 Å². The number of carboxylic acids is 1. The van der Waals surface area contributed by atoms with E-state index < -0.39 is 17.6 Å². The van der Waals surface area contributed by atoms with Crippen molar-refractivity contribution in [2.45, 2.75) is 56.8 Å². The molecule has 4 bridgehead atoms. The van der Waals surface area contributed by atoms with Gasteiger partial charge in [-0.15, -0.1) is 0 Å². The van der Waals surface area contributed by atoms with E-state index in [1.807, 2.05) is 0 Å². The summed E-state index contributed by atoms with van der Waals surface area (Å²) in [6.45, 7) is 0.0688. The molecule has 4 aliphatic rings. The van der Waals surface area contributed by atoms with Gasteiger partial charge in [0.25, 0.3) is 0 Å².